The Morgan fingerprint density at radius 1 is 1.24 bits per heavy atom. The summed E-state index contributed by atoms with van der Waals surface area (Å²) in [5, 5.41) is 12.4. The number of rotatable bonds is 4. The Kier molecular flexibility index (Phi) is 4.82. The zero-order valence-electron chi connectivity index (χ0n) is 13.7. The highest BCUT2D eigenvalue weighted by molar-refractivity contribution is 7.17. The molecule has 0 unspecified atom stereocenters. The highest BCUT2D eigenvalue weighted by Gasteiger charge is 2.19. The van der Waals surface area contributed by atoms with Crippen molar-refractivity contribution in [3.63, 3.8) is 0 Å². The number of thiazole rings is 1. The fourth-order valence-corrected chi connectivity index (χ4v) is 3.22. The first kappa shape index (κ1) is 16.7. The summed E-state index contributed by atoms with van der Waals surface area (Å²) in [5.74, 6) is 0.323. The third kappa shape index (κ3) is 3.70. The van der Waals surface area contributed by atoms with Crippen LogP contribution >= 0.6 is 11.3 Å². The molecule has 3 rings (SSSR count). The SMILES string of the molecule is Cc1nc(-c2ncccn2)sc1C(=O)N[C@@H](C)c1ccc(C#N)cc1. The van der Waals surface area contributed by atoms with Crippen LogP contribution in [0.3, 0.4) is 0 Å². The largest absolute Gasteiger partial charge is 0.345 e. The van der Waals surface area contributed by atoms with Gasteiger partial charge in [-0.1, -0.05) is 12.1 Å². The fraction of sp³-hybridized carbons (Fsp3) is 0.167. The van der Waals surface area contributed by atoms with Gasteiger partial charge in [-0.05, 0) is 37.6 Å². The molecule has 3 aromatic rings. The Morgan fingerprint density at radius 3 is 2.56 bits per heavy atom. The highest BCUT2D eigenvalue weighted by atomic mass is 32.1. The molecule has 2 heterocycles. The van der Waals surface area contributed by atoms with Gasteiger partial charge in [-0.3, -0.25) is 4.79 Å². The van der Waals surface area contributed by atoms with E-state index in [9.17, 15) is 4.79 Å². The second-order valence-electron chi connectivity index (χ2n) is 5.43. The van der Waals surface area contributed by atoms with Gasteiger partial charge in [-0.25, -0.2) is 15.0 Å². The normalized spacial score (nSPS) is 11.6. The summed E-state index contributed by atoms with van der Waals surface area (Å²) >= 11 is 1.27. The Balaban J connectivity index is 1.77. The fourth-order valence-electron chi connectivity index (χ4n) is 2.30. The molecule has 7 heteroatoms. The first-order valence-corrected chi connectivity index (χ1v) is 8.46. The van der Waals surface area contributed by atoms with Crippen molar-refractivity contribution in [1.82, 2.24) is 20.3 Å². The quantitative estimate of drug-likeness (QED) is 0.780. The number of aryl methyl sites for hydroxylation is 1. The summed E-state index contributed by atoms with van der Waals surface area (Å²) in [6.45, 7) is 3.70. The molecule has 0 aliphatic heterocycles. The predicted octanol–water partition coefficient (Wildman–Crippen LogP) is 3.27. The number of benzene rings is 1. The third-order valence-corrected chi connectivity index (χ3v) is 4.80. The monoisotopic (exact) mass is 349 g/mol. The topological polar surface area (TPSA) is 91.6 Å². The van der Waals surface area contributed by atoms with E-state index >= 15 is 0 Å². The molecule has 0 aliphatic carbocycles. The van der Waals surface area contributed by atoms with Crippen LogP contribution in [0.2, 0.25) is 0 Å². The molecule has 0 radical (unpaired) electrons. The van der Waals surface area contributed by atoms with E-state index in [0.29, 0.717) is 27.0 Å². The average Bonchev–Trinajstić information content (AvgIpc) is 3.04. The van der Waals surface area contributed by atoms with Crippen LogP contribution in [-0.4, -0.2) is 20.9 Å². The number of nitrogens with one attached hydrogen (secondary N) is 1. The lowest BCUT2D eigenvalue weighted by molar-refractivity contribution is 0.0943. The molecule has 25 heavy (non-hydrogen) atoms. The van der Waals surface area contributed by atoms with E-state index in [-0.39, 0.29) is 11.9 Å². The van der Waals surface area contributed by atoms with E-state index in [0.717, 1.165) is 5.56 Å². The molecule has 0 aliphatic rings. The standard InChI is InChI=1S/C18H15N5OS/c1-11(14-6-4-13(10-19)5-7-14)22-17(24)15-12(2)23-18(25-15)16-20-8-3-9-21-16/h3-9,11H,1-2H3,(H,22,24)/t11-/m0/s1. The zero-order chi connectivity index (χ0) is 17.8. The summed E-state index contributed by atoms with van der Waals surface area (Å²) in [4.78, 5) is 25.9. The molecule has 1 amide bonds. The van der Waals surface area contributed by atoms with Crippen LogP contribution in [0.1, 0.15) is 39.5 Å². The summed E-state index contributed by atoms with van der Waals surface area (Å²) in [6.07, 6.45) is 3.29. The number of aromatic nitrogens is 3. The van der Waals surface area contributed by atoms with E-state index in [4.69, 9.17) is 5.26 Å². The van der Waals surface area contributed by atoms with Gasteiger partial charge in [0.2, 0.25) is 0 Å². The van der Waals surface area contributed by atoms with E-state index < -0.39 is 0 Å². The molecule has 1 aromatic carbocycles. The van der Waals surface area contributed by atoms with Crippen molar-refractivity contribution < 1.29 is 4.79 Å². The van der Waals surface area contributed by atoms with Gasteiger partial charge in [0, 0.05) is 12.4 Å². The molecule has 0 fully saturated rings. The van der Waals surface area contributed by atoms with Crippen molar-refractivity contribution in [1.29, 1.82) is 5.26 Å². The molecule has 2 aromatic heterocycles. The Morgan fingerprint density at radius 2 is 1.92 bits per heavy atom. The second-order valence-corrected chi connectivity index (χ2v) is 6.43. The van der Waals surface area contributed by atoms with Crippen molar-refractivity contribution in [2.45, 2.75) is 19.9 Å². The lowest BCUT2D eigenvalue weighted by atomic mass is 10.1. The van der Waals surface area contributed by atoms with Gasteiger partial charge in [-0.2, -0.15) is 5.26 Å². The second kappa shape index (κ2) is 7.20. The number of hydrogen-bond donors (Lipinski definition) is 1. The van der Waals surface area contributed by atoms with E-state index in [1.54, 1.807) is 37.5 Å². The Labute approximate surface area is 149 Å². The number of carbonyl (C=O) groups is 1. The maximum Gasteiger partial charge on any atom is 0.263 e. The van der Waals surface area contributed by atoms with Crippen LogP contribution in [0.4, 0.5) is 0 Å². The molecule has 0 bridgehead atoms. The van der Waals surface area contributed by atoms with E-state index in [1.165, 1.54) is 11.3 Å². The van der Waals surface area contributed by atoms with Gasteiger partial charge in [0.1, 0.15) is 4.88 Å². The first-order chi connectivity index (χ1) is 12.1. The first-order valence-electron chi connectivity index (χ1n) is 7.64. The summed E-state index contributed by atoms with van der Waals surface area (Å²) in [5.41, 5.74) is 2.17. The van der Waals surface area contributed by atoms with Gasteiger partial charge in [0.25, 0.3) is 5.91 Å². The highest BCUT2D eigenvalue weighted by Crippen LogP contribution is 2.25. The minimum atomic E-state index is -0.186. The lowest BCUT2D eigenvalue weighted by Crippen LogP contribution is -2.26. The van der Waals surface area contributed by atoms with Crippen molar-refractivity contribution in [3.05, 3.63) is 64.4 Å². The summed E-state index contributed by atoms with van der Waals surface area (Å²) in [6, 6.07) is 10.8. The van der Waals surface area contributed by atoms with Crippen molar-refractivity contribution in [2.75, 3.05) is 0 Å². The molecule has 1 atom stereocenters. The lowest BCUT2D eigenvalue weighted by Gasteiger charge is -2.13. The predicted molar refractivity (Wildman–Crippen MR) is 94.9 cm³/mol. The maximum atomic E-state index is 12.6. The minimum absolute atomic E-state index is 0.182. The van der Waals surface area contributed by atoms with Gasteiger partial charge < -0.3 is 5.32 Å². The molecule has 1 N–H and O–H groups in total. The van der Waals surface area contributed by atoms with Gasteiger partial charge >= 0.3 is 0 Å². The minimum Gasteiger partial charge on any atom is -0.345 e. The molecule has 0 spiro atoms. The smallest absolute Gasteiger partial charge is 0.263 e. The van der Waals surface area contributed by atoms with Crippen LogP contribution < -0.4 is 5.32 Å². The van der Waals surface area contributed by atoms with Gasteiger partial charge in [0.05, 0.1) is 23.4 Å². The summed E-state index contributed by atoms with van der Waals surface area (Å²) < 4.78 is 0. The van der Waals surface area contributed by atoms with Crippen molar-refractivity contribution in [3.8, 4) is 16.9 Å². The number of hydrogen-bond acceptors (Lipinski definition) is 6. The number of nitriles is 1. The third-order valence-electron chi connectivity index (χ3n) is 3.65. The maximum absolute atomic E-state index is 12.6. The summed E-state index contributed by atoms with van der Waals surface area (Å²) in [7, 11) is 0. The van der Waals surface area contributed by atoms with E-state index in [1.807, 2.05) is 19.1 Å². The van der Waals surface area contributed by atoms with Crippen LogP contribution in [0.5, 0.6) is 0 Å². The van der Waals surface area contributed by atoms with Crippen LogP contribution in [0.15, 0.2) is 42.7 Å². The molecule has 0 saturated carbocycles. The van der Waals surface area contributed by atoms with Crippen molar-refractivity contribution in [2.24, 2.45) is 0 Å². The van der Waals surface area contributed by atoms with Gasteiger partial charge in [-0.15, -0.1) is 11.3 Å². The molecular formula is C18H15N5OS. The number of nitrogens with zero attached hydrogens (tertiary/aromatic N) is 4. The molecule has 6 nitrogen and oxygen atoms in total. The molecule has 124 valence electrons. The van der Waals surface area contributed by atoms with Gasteiger partial charge in [0.15, 0.2) is 10.8 Å². The van der Waals surface area contributed by atoms with Crippen LogP contribution in [0.25, 0.3) is 10.8 Å². The van der Waals surface area contributed by atoms with Crippen LogP contribution in [-0.2, 0) is 0 Å². The Bertz CT molecular complexity index is 928. The van der Waals surface area contributed by atoms with Crippen molar-refractivity contribution >= 4 is 17.2 Å². The zero-order valence-corrected chi connectivity index (χ0v) is 14.5. The number of carbonyl (C=O) groups excluding carboxylic acids is 1. The number of amides is 1. The Hall–Kier alpha value is -3.11. The van der Waals surface area contributed by atoms with E-state index in [2.05, 4.69) is 26.3 Å². The van der Waals surface area contributed by atoms with Crippen LogP contribution in [0, 0.1) is 18.3 Å². The molecular weight excluding hydrogens is 334 g/mol. The molecule has 0 saturated heterocycles. The average molecular weight is 349 g/mol.